The van der Waals surface area contributed by atoms with Crippen LogP contribution in [0.3, 0.4) is 0 Å². The van der Waals surface area contributed by atoms with Crippen molar-refractivity contribution in [2.45, 2.75) is 25.3 Å². The minimum Gasteiger partial charge on any atom is -0.342 e. The zero-order valence-electron chi connectivity index (χ0n) is 13.9. The normalized spacial score (nSPS) is 14.3. The molecule has 1 aliphatic heterocycles. The lowest BCUT2D eigenvalue weighted by Crippen LogP contribution is -2.44. The number of likely N-dealkylation sites (N-methyl/N-ethyl adjacent to an activating group) is 1. The van der Waals surface area contributed by atoms with Gasteiger partial charge >= 0.3 is 0 Å². The minimum absolute atomic E-state index is 0. The number of carbonyl (C=O) groups excluding carboxylic acids is 1. The van der Waals surface area contributed by atoms with Crippen LogP contribution in [0.1, 0.15) is 18.5 Å². The van der Waals surface area contributed by atoms with Crippen LogP contribution >= 0.6 is 52.1 Å². The van der Waals surface area contributed by atoms with Gasteiger partial charge in [0, 0.05) is 28.5 Å². The Bertz CT molecular complexity index is 692. The Morgan fingerprint density at radius 2 is 2.08 bits per heavy atom. The number of amides is 1. The molecule has 0 radical (unpaired) electrons. The average molecular weight is 467 g/mol. The number of hydrogen-bond donors (Lipinski definition) is 1. The van der Waals surface area contributed by atoms with Gasteiger partial charge in [0.25, 0.3) is 0 Å². The van der Waals surface area contributed by atoms with Crippen LogP contribution in [0.5, 0.6) is 0 Å². The molecule has 1 aromatic carbocycles. The topological polar surface area (TPSA) is 45.2 Å². The number of nitrogens with zero attached hydrogens (tertiary/aromatic N) is 2. The van der Waals surface area contributed by atoms with E-state index in [0.29, 0.717) is 12.5 Å². The smallest absolute Gasteiger partial charge is 0.228 e. The molecule has 3 rings (SSSR count). The van der Waals surface area contributed by atoms with Gasteiger partial charge in [-0.1, -0.05) is 28.1 Å². The van der Waals surface area contributed by atoms with Crippen LogP contribution in [-0.2, 0) is 11.2 Å². The van der Waals surface area contributed by atoms with E-state index in [0.717, 1.165) is 46.7 Å². The van der Waals surface area contributed by atoms with E-state index in [-0.39, 0.29) is 30.7 Å². The zero-order valence-corrected chi connectivity index (χ0v) is 17.9. The third kappa shape index (κ3) is 5.93. The number of carbonyl (C=O) groups is 1. The van der Waals surface area contributed by atoms with Gasteiger partial charge in [-0.2, -0.15) is 0 Å². The molecule has 1 N–H and O–H groups in total. The number of benzene rings is 1. The van der Waals surface area contributed by atoms with Crippen LogP contribution in [0, 0.1) is 0 Å². The van der Waals surface area contributed by atoms with Crippen LogP contribution < -0.4 is 5.32 Å². The van der Waals surface area contributed by atoms with Crippen LogP contribution in [0.25, 0.3) is 10.6 Å². The van der Waals surface area contributed by atoms with Gasteiger partial charge in [-0.3, -0.25) is 4.79 Å². The monoisotopic (exact) mass is 465 g/mol. The van der Waals surface area contributed by atoms with Crippen LogP contribution in [0.2, 0.25) is 0 Å². The summed E-state index contributed by atoms with van der Waals surface area (Å²) in [6, 6.07) is 8.43. The quantitative estimate of drug-likeness (QED) is 0.735. The second-order valence-electron chi connectivity index (χ2n) is 5.82. The number of halogens is 3. The average Bonchev–Trinajstić information content (AvgIpc) is 3.03. The molecule has 1 aliphatic rings. The highest BCUT2D eigenvalue weighted by molar-refractivity contribution is 9.10. The summed E-state index contributed by atoms with van der Waals surface area (Å²) in [5, 5.41) is 6.28. The Kier molecular flexibility index (Phi) is 9.38. The van der Waals surface area contributed by atoms with Crippen LogP contribution in [0.15, 0.2) is 34.1 Å². The zero-order chi connectivity index (χ0) is 16.2. The molecule has 8 heteroatoms. The van der Waals surface area contributed by atoms with E-state index >= 15 is 0 Å². The minimum atomic E-state index is 0. The molecule has 4 nitrogen and oxygen atoms in total. The summed E-state index contributed by atoms with van der Waals surface area (Å²) in [5.41, 5.74) is 1.94. The first-order chi connectivity index (χ1) is 11.1. The number of thiazole rings is 1. The van der Waals surface area contributed by atoms with Crippen molar-refractivity contribution in [2.24, 2.45) is 0 Å². The molecule has 25 heavy (non-hydrogen) atoms. The third-order valence-electron chi connectivity index (χ3n) is 4.21. The van der Waals surface area contributed by atoms with Crippen molar-refractivity contribution < 1.29 is 4.79 Å². The second kappa shape index (κ2) is 10.5. The van der Waals surface area contributed by atoms with E-state index in [2.05, 4.69) is 26.2 Å². The number of rotatable bonds is 4. The van der Waals surface area contributed by atoms with E-state index in [1.807, 2.05) is 41.6 Å². The maximum absolute atomic E-state index is 12.5. The predicted octanol–water partition coefficient (Wildman–Crippen LogP) is 4.17. The third-order valence-corrected chi connectivity index (χ3v) is 5.64. The van der Waals surface area contributed by atoms with Crippen molar-refractivity contribution in [1.29, 1.82) is 0 Å². The fourth-order valence-electron chi connectivity index (χ4n) is 2.82. The van der Waals surface area contributed by atoms with Crippen molar-refractivity contribution in [3.63, 3.8) is 0 Å². The SMILES string of the molecule is CN(C(=O)Cc1csc(-c2cccc(Br)c2)n1)C1CCNCC1.Cl.Cl. The van der Waals surface area contributed by atoms with Crippen molar-refractivity contribution in [2.75, 3.05) is 20.1 Å². The van der Waals surface area contributed by atoms with Gasteiger partial charge in [0.2, 0.25) is 5.91 Å². The lowest BCUT2D eigenvalue weighted by atomic mass is 10.0. The fourth-order valence-corrected chi connectivity index (χ4v) is 4.04. The molecular formula is C17H22BrCl2N3OS. The first-order valence-corrected chi connectivity index (χ1v) is 9.47. The lowest BCUT2D eigenvalue weighted by Gasteiger charge is -2.31. The number of aromatic nitrogens is 1. The summed E-state index contributed by atoms with van der Waals surface area (Å²) in [6.45, 7) is 1.98. The first-order valence-electron chi connectivity index (χ1n) is 7.80. The largest absolute Gasteiger partial charge is 0.342 e. The maximum Gasteiger partial charge on any atom is 0.228 e. The Morgan fingerprint density at radius 1 is 1.36 bits per heavy atom. The Hall–Kier alpha value is -0.660. The van der Waals surface area contributed by atoms with E-state index in [9.17, 15) is 4.79 Å². The Morgan fingerprint density at radius 3 is 2.76 bits per heavy atom. The summed E-state index contributed by atoms with van der Waals surface area (Å²) >= 11 is 5.07. The second-order valence-corrected chi connectivity index (χ2v) is 7.59. The molecule has 138 valence electrons. The van der Waals surface area contributed by atoms with Crippen molar-refractivity contribution in [1.82, 2.24) is 15.2 Å². The lowest BCUT2D eigenvalue weighted by molar-refractivity contribution is -0.131. The molecule has 1 fully saturated rings. The Balaban J connectivity index is 0.00000156. The molecule has 0 aliphatic carbocycles. The highest BCUT2D eigenvalue weighted by atomic mass is 79.9. The highest BCUT2D eigenvalue weighted by Gasteiger charge is 2.22. The number of piperidine rings is 1. The molecule has 1 amide bonds. The summed E-state index contributed by atoms with van der Waals surface area (Å²) < 4.78 is 1.04. The summed E-state index contributed by atoms with van der Waals surface area (Å²) in [6.07, 6.45) is 2.44. The molecule has 0 bridgehead atoms. The number of hydrogen-bond acceptors (Lipinski definition) is 4. The van der Waals surface area contributed by atoms with Crippen molar-refractivity contribution >= 4 is 58.0 Å². The van der Waals surface area contributed by atoms with Gasteiger partial charge in [0.1, 0.15) is 5.01 Å². The summed E-state index contributed by atoms with van der Waals surface area (Å²) in [4.78, 5) is 19.0. The standard InChI is InChI=1S/C17H20BrN3OS.2ClH/c1-21(15-5-7-19-8-6-15)16(22)10-14-11-23-17(20-14)12-3-2-4-13(18)9-12;;/h2-4,9,11,15,19H,5-8,10H2,1H3;2*1H. The molecule has 0 spiro atoms. The first kappa shape index (κ1) is 22.4. The predicted molar refractivity (Wildman–Crippen MR) is 112 cm³/mol. The maximum atomic E-state index is 12.5. The molecule has 1 saturated heterocycles. The summed E-state index contributed by atoms with van der Waals surface area (Å²) in [7, 11) is 1.92. The van der Waals surface area contributed by atoms with Gasteiger partial charge in [0.15, 0.2) is 0 Å². The van der Waals surface area contributed by atoms with Gasteiger partial charge in [-0.25, -0.2) is 4.98 Å². The molecular weight excluding hydrogens is 445 g/mol. The molecule has 2 heterocycles. The summed E-state index contributed by atoms with van der Waals surface area (Å²) in [5.74, 6) is 0.156. The van der Waals surface area contributed by atoms with Crippen LogP contribution in [0.4, 0.5) is 0 Å². The van der Waals surface area contributed by atoms with E-state index in [4.69, 9.17) is 0 Å². The van der Waals surface area contributed by atoms with E-state index < -0.39 is 0 Å². The van der Waals surface area contributed by atoms with Crippen molar-refractivity contribution in [3.8, 4) is 10.6 Å². The molecule has 0 saturated carbocycles. The van der Waals surface area contributed by atoms with Gasteiger partial charge in [-0.05, 0) is 38.1 Å². The van der Waals surface area contributed by atoms with Gasteiger partial charge < -0.3 is 10.2 Å². The molecule has 0 atom stereocenters. The van der Waals surface area contributed by atoms with Gasteiger partial charge in [0.05, 0.1) is 12.1 Å². The molecule has 2 aromatic rings. The highest BCUT2D eigenvalue weighted by Crippen LogP contribution is 2.26. The van der Waals surface area contributed by atoms with Crippen LogP contribution in [-0.4, -0.2) is 42.0 Å². The number of nitrogens with one attached hydrogen (secondary N) is 1. The molecule has 1 aromatic heterocycles. The van der Waals surface area contributed by atoms with E-state index in [1.54, 1.807) is 11.3 Å². The molecule has 0 unspecified atom stereocenters. The van der Waals surface area contributed by atoms with Gasteiger partial charge in [-0.15, -0.1) is 36.2 Å². The van der Waals surface area contributed by atoms with E-state index in [1.165, 1.54) is 0 Å². The Labute approximate surface area is 173 Å². The fraction of sp³-hybridized carbons (Fsp3) is 0.412. The van der Waals surface area contributed by atoms with Crippen molar-refractivity contribution in [3.05, 3.63) is 39.8 Å².